The highest BCUT2D eigenvalue weighted by Crippen LogP contribution is 2.30. The molecule has 15 heavy (non-hydrogen) atoms. The first kappa shape index (κ1) is 10.5. The van der Waals surface area contributed by atoms with E-state index in [1.165, 1.54) is 11.1 Å². The zero-order chi connectivity index (χ0) is 10.9. The molecular weight excluding hydrogens is 200 g/mol. The Kier molecular flexibility index (Phi) is 2.70. The third-order valence-corrected chi connectivity index (χ3v) is 3.19. The Bertz CT molecular complexity index is 388. The topological polar surface area (TPSA) is 9.23 Å². The molecule has 0 spiro atoms. The molecule has 78 valence electrons. The summed E-state index contributed by atoms with van der Waals surface area (Å²) in [5.41, 5.74) is 2.65. The third kappa shape index (κ3) is 2.51. The molecule has 0 fully saturated rings. The highest BCUT2D eigenvalue weighted by atomic mass is 28.2. The van der Waals surface area contributed by atoms with Crippen LogP contribution in [0.1, 0.15) is 31.9 Å². The predicted octanol–water partition coefficient (Wildman–Crippen LogP) is 3.44. The van der Waals surface area contributed by atoms with E-state index in [-0.39, 0.29) is 5.04 Å². The van der Waals surface area contributed by atoms with Crippen molar-refractivity contribution >= 4 is 15.5 Å². The van der Waals surface area contributed by atoms with Crippen molar-refractivity contribution in [3.05, 3.63) is 41.5 Å². The highest BCUT2D eigenvalue weighted by molar-refractivity contribution is 6.33. The van der Waals surface area contributed by atoms with Gasteiger partial charge < -0.3 is 4.43 Å². The Hall–Kier alpha value is -1.02. The number of hydrogen-bond acceptors (Lipinski definition) is 1. The summed E-state index contributed by atoms with van der Waals surface area (Å²) in [7, 11) is 0.519. The molecule has 0 atom stereocenters. The molecule has 0 aromatic heterocycles. The van der Waals surface area contributed by atoms with E-state index in [1.54, 1.807) is 0 Å². The Balaban J connectivity index is 2.08. The predicted molar refractivity (Wildman–Crippen MR) is 64.7 cm³/mol. The molecule has 1 aromatic rings. The molecule has 2 heteroatoms. The molecule has 2 rings (SSSR count). The summed E-state index contributed by atoms with van der Waals surface area (Å²) in [5.74, 6) is 1.07. The van der Waals surface area contributed by atoms with E-state index in [0.29, 0.717) is 9.76 Å². The molecule has 1 aliphatic carbocycles. The average molecular weight is 216 g/mol. The summed E-state index contributed by atoms with van der Waals surface area (Å²) < 4.78 is 5.88. The number of benzene rings is 1. The fraction of sp³-hybridized carbons (Fsp3) is 0.385. The van der Waals surface area contributed by atoms with Gasteiger partial charge in [-0.2, -0.15) is 0 Å². The standard InChI is InChI=1S/C13H16OSi/c1-13(2,3)15-14-12-9-8-10-6-4-5-7-11(10)12/h4-7,9H,8H2,1-3H3. The second-order valence-electron chi connectivity index (χ2n) is 4.88. The molecule has 0 saturated heterocycles. The van der Waals surface area contributed by atoms with E-state index in [1.807, 2.05) is 0 Å². The zero-order valence-corrected chi connectivity index (χ0v) is 10.5. The first-order chi connectivity index (χ1) is 7.06. The summed E-state index contributed by atoms with van der Waals surface area (Å²) in [6, 6.07) is 8.47. The fourth-order valence-electron chi connectivity index (χ4n) is 1.56. The van der Waals surface area contributed by atoms with E-state index in [2.05, 4.69) is 51.1 Å². The maximum absolute atomic E-state index is 5.88. The number of fused-ring (bicyclic) bond motifs is 1. The maximum atomic E-state index is 5.88. The van der Waals surface area contributed by atoms with Crippen LogP contribution in [0.15, 0.2) is 30.3 Å². The van der Waals surface area contributed by atoms with Crippen molar-refractivity contribution in [1.82, 2.24) is 0 Å². The molecule has 0 amide bonds. The van der Waals surface area contributed by atoms with Crippen LogP contribution in [0.3, 0.4) is 0 Å². The van der Waals surface area contributed by atoms with Gasteiger partial charge in [0.15, 0.2) is 0 Å². The lowest BCUT2D eigenvalue weighted by atomic mass is 10.1. The lowest BCUT2D eigenvalue weighted by Gasteiger charge is -2.17. The van der Waals surface area contributed by atoms with Crippen LogP contribution < -0.4 is 0 Å². The molecule has 0 bridgehead atoms. The monoisotopic (exact) mass is 216 g/mol. The van der Waals surface area contributed by atoms with Gasteiger partial charge in [0.1, 0.15) is 5.76 Å². The van der Waals surface area contributed by atoms with Crippen LogP contribution in [0.2, 0.25) is 5.04 Å². The molecule has 0 heterocycles. The van der Waals surface area contributed by atoms with Crippen LogP contribution >= 0.6 is 0 Å². The van der Waals surface area contributed by atoms with Gasteiger partial charge in [0.2, 0.25) is 0 Å². The van der Waals surface area contributed by atoms with Crippen molar-refractivity contribution in [2.24, 2.45) is 0 Å². The average Bonchev–Trinajstić information content (AvgIpc) is 2.57. The Morgan fingerprint density at radius 2 is 1.93 bits per heavy atom. The summed E-state index contributed by atoms with van der Waals surface area (Å²) in [4.78, 5) is 0. The van der Waals surface area contributed by atoms with Crippen LogP contribution in [0.4, 0.5) is 0 Å². The molecule has 1 aliphatic rings. The van der Waals surface area contributed by atoms with E-state index >= 15 is 0 Å². The van der Waals surface area contributed by atoms with E-state index in [0.717, 1.165) is 12.2 Å². The second-order valence-corrected chi connectivity index (χ2v) is 6.79. The third-order valence-electron chi connectivity index (χ3n) is 2.26. The first-order valence-corrected chi connectivity index (χ1v) is 6.19. The van der Waals surface area contributed by atoms with Crippen molar-refractivity contribution in [2.45, 2.75) is 32.2 Å². The molecule has 1 nitrogen and oxygen atoms in total. The van der Waals surface area contributed by atoms with Gasteiger partial charge in [-0.05, 0) is 23.1 Å². The maximum Gasteiger partial charge on any atom is 0.316 e. The quantitative estimate of drug-likeness (QED) is 0.688. The van der Waals surface area contributed by atoms with Crippen molar-refractivity contribution in [1.29, 1.82) is 0 Å². The van der Waals surface area contributed by atoms with E-state index < -0.39 is 0 Å². The van der Waals surface area contributed by atoms with Gasteiger partial charge in [0, 0.05) is 5.56 Å². The van der Waals surface area contributed by atoms with E-state index in [4.69, 9.17) is 4.43 Å². The molecule has 0 N–H and O–H groups in total. The Labute approximate surface area is 94.1 Å². The van der Waals surface area contributed by atoms with E-state index in [9.17, 15) is 0 Å². The van der Waals surface area contributed by atoms with Crippen molar-refractivity contribution in [3.63, 3.8) is 0 Å². The summed E-state index contributed by atoms with van der Waals surface area (Å²) in [5, 5.41) is 0.248. The fourth-order valence-corrected chi connectivity index (χ4v) is 2.17. The SMILES string of the molecule is CC(C)(C)[Si]OC1=CCc2ccccc21. The van der Waals surface area contributed by atoms with Gasteiger partial charge in [-0.25, -0.2) is 0 Å². The molecule has 0 saturated carbocycles. The number of hydrogen-bond donors (Lipinski definition) is 0. The van der Waals surface area contributed by atoms with Crippen molar-refractivity contribution < 1.29 is 4.43 Å². The zero-order valence-electron chi connectivity index (χ0n) is 9.50. The summed E-state index contributed by atoms with van der Waals surface area (Å²) >= 11 is 0. The Morgan fingerprint density at radius 1 is 1.20 bits per heavy atom. The molecule has 2 radical (unpaired) electrons. The summed E-state index contributed by atoms with van der Waals surface area (Å²) in [6.45, 7) is 6.60. The first-order valence-electron chi connectivity index (χ1n) is 5.29. The lowest BCUT2D eigenvalue weighted by molar-refractivity contribution is 0.510. The van der Waals surface area contributed by atoms with Gasteiger partial charge in [-0.1, -0.05) is 45.0 Å². The van der Waals surface area contributed by atoms with Crippen LogP contribution in [-0.4, -0.2) is 9.76 Å². The van der Waals surface area contributed by atoms with Gasteiger partial charge >= 0.3 is 9.76 Å². The molecule has 0 aliphatic heterocycles. The minimum absolute atomic E-state index is 0.248. The number of rotatable bonds is 2. The highest BCUT2D eigenvalue weighted by Gasteiger charge is 2.19. The van der Waals surface area contributed by atoms with Gasteiger partial charge in [-0.15, -0.1) is 0 Å². The van der Waals surface area contributed by atoms with Gasteiger partial charge in [-0.3, -0.25) is 0 Å². The summed E-state index contributed by atoms with van der Waals surface area (Å²) in [6.07, 6.45) is 3.20. The normalized spacial score (nSPS) is 14.7. The van der Waals surface area contributed by atoms with Crippen LogP contribution in [0, 0.1) is 0 Å². The van der Waals surface area contributed by atoms with Crippen LogP contribution in [0.5, 0.6) is 0 Å². The smallest absolute Gasteiger partial charge is 0.316 e. The Morgan fingerprint density at radius 3 is 2.67 bits per heavy atom. The van der Waals surface area contributed by atoms with Crippen molar-refractivity contribution in [2.75, 3.05) is 0 Å². The molecule has 0 unspecified atom stereocenters. The van der Waals surface area contributed by atoms with Gasteiger partial charge in [0.25, 0.3) is 0 Å². The lowest BCUT2D eigenvalue weighted by Crippen LogP contribution is -2.11. The van der Waals surface area contributed by atoms with Crippen LogP contribution in [0.25, 0.3) is 5.76 Å². The largest absolute Gasteiger partial charge is 0.540 e. The number of allylic oxidation sites excluding steroid dienone is 1. The second kappa shape index (κ2) is 3.85. The molecule has 1 aromatic carbocycles. The molecular formula is C13H16OSi. The van der Waals surface area contributed by atoms with Crippen molar-refractivity contribution in [3.8, 4) is 0 Å². The van der Waals surface area contributed by atoms with Gasteiger partial charge in [0.05, 0.1) is 0 Å². The minimum Gasteiger partial charge on any atom is -0.540 e. The van der Waals surface area contributed by atoms with Crippen LogP contribution in [-0.2, 0) is 10.8 Å². The minimum atomic E-state index is 0.248.